The summed E-state index contributed by atoms with van der Waals surface area (Å²) in [6.45, 7) is 1.24. The maximum atomic E-state index is 10.1. The summed E-state index contributed by atoms with van der Waals surface area (Å²) in [4.78, 5) is 0. The van der Waals surface area contributed by atoms with E-state index in [1.54, 1.807) is 7.11 Å². The summed E-state index contributed by atoms with van der Waals surface area (Å²) in [5.41, 5.74) is 0.369. The first-order valence-electron chi connectivity index (χ1n) is 6.47. The molecule has 0 heterocycles. The third kappa shape index (κ3) is 1.69. The fourth-order valence-electron chi connectivity index (χ4n) is 4.68. The highest BCUT2D eigenvalue weighted by Gasteiger charge is 2.54. The lowest BCUT2D eigenvalue weighted by molar-refractivity contribution is -0.168. The van der Waals surface area contributed by atoms with Crippen LogP contribution >= 0.6 is 0 Å². The van der Waals surface area contributed by atoms with E-state index in [1.807, 2.05) is 0 Å². The van der Waals surface area contributed by atoms with Gasteiger partial charge < -0.3 is 14.6 Å². The van der Waals surface area contributed by atoms with E-state index in [0.717, 1.165) is 12.5 Å². The highest BCUT2D eigenvalue weighted by Crippen LogP contribution is 2.60. The van der Waals surface area contributed by atoms with Gasteiger partial charge in [-0.15, -0.1) is 0 Å². The Morgan fingerprint density at radius 2 is 1.88 bits per heavy atom. The molecule has 4 fully saturated rings. The second-order valence-electron chi connectivity index (χ2n) is 6.22. The van der Waals surface area contributed by atoms with Crippen LogP contribution in [-0.4, -0.2) is 31.7 Å². The Bertz CT molecular complexity index is 250. The van der Waals surface area contributed by atoms with Crippen LogP contribution in [0.3, 0.4) is 0 Å². The lowest BCUT2D eigenvalue weighted by atomic mass is 9.49. The van der Waals surface area contributed by atoms with Gasteiger partial charge in [-0.2, -0.15) is 0 Å². The van der Waals surface area contributed by atoms with Gasteiger partial charge in [-0.25, -0.2) is 0 Å². The predicted octanol–water partition coefficient (Wildman–Crippen LogP) is 1.79. The van der Waals surface area contributed by atoms with Crippen LogP contribution in [0.1, 0.15) is 32.1 Å². The van der Waals surface area contributed by atoms with E-state index >= 15 is 0 Å². The van der Waals surface area contributed by atoms with Crippen LogP contribution in [0.4, 0.5) is 0 Å². The molecule has 4 saturated carbocycles. The quantitative estimate of drug-likeness (QED) is 0.587. The number of hydrogen-bond acceptors (Lipinski definition) is 3. The molecule has 0 radical (unpaired) electrons. The number of aliphatic hydroxyl groups is 1. The maximum Gasteiger partial charge on any atom is 0.146 e. The van der Waals surface area contributed by atoms with Crippen molar-refractivity contribution in [2.24, 2.45) is 23.2 Å². The molecule has 2 unspecified atom stereocenters. The van der Waals surface area contributed by atoms with Gasteiger partial charge in [0.2, 0.25) is 0 Å². The molecule has 4 rings (SSSR count). The summed E-state index contributed by atoms with van der Waals surface area (Å²) in [5, 5.41) is 10.1. The molecule has 0 aromatic rings. The normalized spacial score (nSPS) is 49.9. The fourth-order valence-corrected chi connectivity index (χ4v) is 4.68. The fraction of sp³-hybridized carbons (Fsp3) is 1.00. The molecular formula is C13H22O3. The van der Waals surface area contributed by atoms with E-state index < -0.39 is 0 Å². The summed E-state index contributed by atoms with van der Waals surface area (Å²) in [5.74, 6) is 1.96. The summed E-state index contributed by atoms with van der Waals surface area (Å²) in [6.07, 6.45) is 6.15. The van der Waals surface area contributed by atoms with Crippen molar-refractivity contribution in [3.63, 3.8) is 0 Å². The van der Waals surface area contributed by atoms with Crippen molar-refractivity contribution in [3.8, 4) is 0 Å². The van der Waals surface area contributed by atoms with Crippen LogP contribution in [0.5, 0.6) is 0 Å². The molecule has 2 atom stereocenters. The van der Waals surface area contributed by atoms with Crippen molar-refractivity contribution in [1.82, 2.24) is 0 Å². The maximum absolute atomic E-state index is 10.1. The van der Waals surface area contributed by atoms with Crippen molar-refractivity contribution in [1.29, 1.82) is 0 Å². The molecule has 0 aliphatic heterocycles. The van der Waals surface area contributed by atoms with E-state index in [-0.39, 0.29) is 6.10 Å². The number of rotatable bonds is 4. The zero-order valence-corrected chi connectivity index (χ0v) is 10.0. The summed E-state index contributed by atoms with van der Waals surface area (Å²) >= 11 is 0. The lowest BCUT2D eigenvalue weighted by Crippen LogP contribution is -2.54. The van der Waals surface area contributed by atoms with E-state index in [2.05, 4.69) is 0 Å². The molecule has 3 heteroatoms. The Labute approximate surface area is 97.1 Å². The number of methoxy groups -OCH3 is 1. The molecule has 4 aliphatic carbocycles. The standard InChI is InChI=1S/C13H22O3/c1-15-8-16-7-13-4-9-2-10(5-13)12(14)11(3-9)6-13/h9-12,14H,2-8H2,1H3. The molecule has 92 valence electrons. The molecule has 0 amide bonds. The van der Waals surface area contributed by atoms with Crippen LogP contribution in [0.25, 0.3) is 0 Å². The topological polar surface area (TPSA) is 38.7 Å². The Hall–Kier alpha value is -0.120. The van der Waals surface area contributed by atoms with Gasteiger partial charge in [0.15, 0.2) is 0 Å². The zero-order chi connectivity index (χ0) is 11.2. The molecule has 0 aromatic carbocycles. The minimum Gasteiger partial charge on any atom is -0.393 e. The van der Waals surface area contributed by atoms with Gasteiger partial charge in [0, 0.05) is 7.11 Å². The van der Waals surface area contributed by atoms with Gasteiger partial charge in [-0.05, 0) is 55.3 Å². The van der Waals surface area contributed by atoms with Crippen LogP contribution in [0.2, 0.25) is 0 Å². The van der Waals surface area contributed by atoms with Crippen LogP contribution in [0.15, 0.2) is 0 Å². The van der Waals surface area contributed by atoms with Crippen LogP contribution in [-0.2, 0) is 9.47 Å². The molecule has 0 spiro atoms. The van der Waals surface area contributed by atoms with Gasteiger partial charge in [0.1, 0.15) is 6.79 Å². The van der Waals surface area contributed by atoms with Crippen molar-refractivity contribution < 1.29 is 14.6 Å². The molecular weight excluding hydrogens is 204 g/mol. The minimum absolute atomic E-state index is 0.0212. The number of hydrogen-bond donors (Lipinski definition) is 1. The highest BCUT2D eigenvalue weighted by atomic mass is 16.7. The van der Waals surface area contributed by atoms with Gasteiger partial charge in [0.05, 0.1) is 12.7 Å². The van der Waals surface area contributed by atoms with Crippen molar-refractivity contribution in [2.75, 3.05) is 20.5 Å². The first kappa shape index (κ1) is 11.0. The third-order valence-electron chi connectivity index (χ3n) is 4.96. The van der Waals surface area contributed by atoms with Crippen molar-refractivity contribution >= 4 is 0 Å². The van der Waals surface area contributed by atoms with Gasteiger partial charge in [-0.1, -0.05) is 0 Å². The second-order valence-corrected chi connectivity index (χ2v) is 6.22. The Morgan fingerprint density at radius 1 is 1.19 bits per heavy atom. The number of ether oxygens (including phenoxy) is 2. The highest BCUT2D eigenvalue weighted by molar-refractivity contribution is 5.05. The molecule has 4 aliphatic rings. The first-order valence-corrected chi connectivity index (χ1v) is 6.47. The van der Waals surface area contributed by atoms with Crippen LogP contribution < -0.4 is 0 Å². The van der Waals surface area contributed by atoms with E-state index in [9.17, 15) is 5.11 Å². The SMILES string of the molecule is COCOCC12CC3CC(C1)C(O)C(C3)C2. The van der Waals surface area contributed by atoms with E-state index in [1.165, 1.54) is 32.1 Å². The largest absolute Gasteiger partial charge is 0.393 e. The molecule has 0 aromatic heterocycles. The van der Waals surface area contributed by atoms with Crippen LogP contribution in [0, 0.1) is 23.2 Å². The molecule has 4 bridgehead atoms. The van der Waals surface area contributed by atoms with E-state index in [4.69, 9.17) is 9.47 Å². The predicted molar refractivity (Wildman–Crippen MR) is 59.8 cm³/mol. The molecule has 3 nitrogen and oxygen atoms in total. The Morgan fingerprint density at radius 3 is 2.50 bits per heavy atom. The Balaban J connectivity index is 1.68. The molecule has 16 heavy (non-hydrogen) atoms. The van der Waals surface area contributed by atoms with Gasteiger partial charge in [-0.3, -0.25) is 0 Å². The molecule has 0 saturated heterocycles. The smallest absolute Gasteiger partial charge is 0.146 e. The monoisotopic (exact) mass is 226 g/mol. The van der Waals surface area contributed by atoms with E-state index in [0.29, 0.717) is 24.0 Å². The summed E-state index contributed by atoms with van der Waals surface area (Å²) < 4.78 is 10.6. The first-order chi connectivity index (χ1) is 7.72. The minimum atomic E-state index is -0.0212. The molecule has 1 N–H and O–H groups in total. The second kappa shape index (κ2) is 3.97. The van der Waals surface area contributed by atoms with Crippen molar-refractivity contribution in [3.05, 3.63) is 0 Å². The van der Waals surface area contributed by atoms with Gasteiger partial charge >= 0.3 is 0 Å². The summed E-state index contributed by atoms with van der Waals surface area (Å²) in [6, 6.07) is 0. The lowest BCUT2D eigenvalue weighted by Gasteiger charge is -2.58. The zero-order valence-electron chi connectivity index (χ0n) is 10.0. The summed E-state index contributed by atoms with van der Waals surface area (Å²) in [7, 11) is 1.67. The average Bonchev–Trinajstić information content (AvgIpc) is 2.25. The number of aliphatic hydroxyl groups excluding tert-OH is 1. The van der Waals surface area contributed by atoms with Gasteiger partial charge in [0.25, 0.3) is 0 Å². The Kier molecular flexibility index (Phi) is 2.73. The average molecular weight is 226 g/mol. The third-order valence-corrected chi connectivity index (χ3v) is 4.96. The van der Waals surface area contributed by atoms with Crippen molar-refractivity contribution in [2.45, 2.75) is 38.2 Å².